The van der Waals surface area contributed by atoms with Gasteiger partial charge in [0.2, 0.25) is 0 Å². The fraction of sp³-hybridized carbons (Fsp3) is 0.600. The van der Waals surface area contributed by atoms with E-state index in [1.807, 2.05) is 0 Å². The molecule has 0 amide bonds. The molecule has 0 aromatic rings. The first kappa shape index (κ1) is 21.4. The van der Waals surface area contributed by atoms with Crippen molar-refractivity contribution in [2.45, 2.75) is 0 Å². The number of hydrogen-bond acceptors (Lipinski definition) is 6. The van der Waals surface area contributed by atoms with Gasteiger partial charge in [-0.15, -0.1) is 0 Å². The average Bonchev–Trinajstić information content (AvgIpc) is 2.22. The molecule has 0 aliphatic rings. The minimum Gasteiger partial charge on any atom is -0.480 e. The molecule has 0 radical (unpaired) electrons. The quantitative estimate of drug-likeness (QED) is 0.336. The summed E-state index contributed by atoms with van der Waals surface area (Å²) in [6.07, 6.45) is 0. The molecule has 0 rings (SSSR count). The van der Waals surface area contributed by atoms with Gasteiger partial charge in [-0.05, 0) is 0 Å². The minimum atomic E-state index is -1.23. The molecule has 0 saturated heterocycles. The van der Waals surface area contributed by atoms with Crippen molar-refractivity contribution in [3.8, 4) is 0 Å². The molecule has 0 bridgehead atoms. The van der Waals surface area contributed by atoms with Crippen LogP contribution >= 0.6 is 13.5 Å². The third-order valence-electron chi connectivity index (χ3n) is 2.17. The SMILES string of the molecule is O=C(O)CN(CCN(CC(=O)O)CC(=O)O)CC(=O)O.S. The van der Waals surface area contributed by atoms with Crippen LogP contribution in [-0.4, -0.2) is 93.4 Å². The summed E-state index contributed by atoms with van der Waals surface area (Å²) in [6, 6.07) is 0. The molecule has 0 aromatic carbocycles. The van der Waals surface area contributed by atoms with E-state index in [4.69, 9.17) is 20.4 Å². The van der Waals surface area contributed by atoms with Crippen LogP contribution in [0.15, 0.2) is 0 Å². The largest absolute Gasteiger partial charge is 0.480 e. The van der Waals surface area contributed by atoms with Gasteiger partial charge >= 0.3 is 23.9 Å². The van der Waals surface area contributed by atoms with Crippen LogP contribution in [0.4, 0.5) is 0 Å². The summed E-state index contributed by atoms with van der Waals surface area (Å²) in [5.74, 6) is -4.91. The normalized spacial score (nSPS) is 10.2. The van der Waals surface area contributed by atoms with Crippen LogP contribution in [0.25, 0.3) is 0 Å². The number of carbonyl (C=O) groups is 4. The van der Waals surface area contributed by atoms with Gasteiger partial charge in [0, 0.05) is 13.1 Å². The van der Waals surface area contributed by atoms with Gasteiger partial charge in [-0.1, -0.05) is 0 Å². The summed E-state index contributed by atoms with van der Waals surface area (Å²) >= 11 is 0. The van der Waals surface area contributed by atoms with E-state index in [1.165, 1.54) is 0 Å². The molecule has 0 aliphatic heterocycles. The third kappa shape index (κ3) is 12.9. The first-order valence-electron chi connectivity index (χ1n) is 5.52. The molecule has 0 aromatic heterocycles. The number of carboxylic acids is 4. The molecular formula is C10H18N2O8S. The molecule has 0 fully saturated rings. The molecule has 11 heteroatoms. The zero-order chi connectivity index (χ0) is 15.7. The molecule has 0 unspecified atom stereocenters. The molecule has 21 heavy (non-hydrogen) atoms. The number of rotatable bonds is 11. The van der Waals surface area contributed by atoms with E-state index in [-0.39, 0.29) is 26.6 Å². The van der Waals surface area contributed by atoms with E-state index in [0.29, 0.717) is 0 Å². The molecule has 0 saturated carbocycles. The third-order valence-corrected chi connectivity index (χ3v) is 2.17. The second-order valence-electron chi connectivity index (χ2n) is 4.00. The van der Waals surface area contributed by atoms with Crippen molar-refractivity contribution in [3.63, 3.8) is 0 Å². The van der Waals surface area contributed by atoms with Crippen LogP contribution < -0.4 is 0 Å². The Bertz CT molecular complexity index is 321. The van der Waals surface area contributed by atoms with Crippen LogP contribution in [0.1, 0.15) is 0 Å². The van der Waals surface area contributed by atoms with Gasteiger partial charge in [0.05, 0.1) is 26.2 Å². The Balaban J connectivity index is 0. The molecule has 0 atom stereocenters. The lowest BCUT2D eigenvalue weighted by atomic mass is 10.4. The zero-order valence-electron chi connectivity index (χ0n) is 11.1. The number of nitrogens with zero attached hydrogens (tertiary/aromatic N) is 2. The van der Waals surface area contributed by atoms with Crippen LogP contribution in [0.5, 0.6) is 0 Å². The zero-order valence-corrected chi connectivity index (χ0v) is 12.1. The standard InChI is InChI=1S/C10H16N2O8.H2S/c13-7(14)3-11(4-8(15)16)1-2-12(5-9(17)18)6-10(19)20;/h1-6H2,(H,13,14)(H,15,16)(H,17,18)(H,19,20);1H2. The average molecular weight is 326 g/mol. The Labute approximate surface area is 127 Å². The Morgan fingerprint density at radius 3 is 0.905 bits per heavy atom. The van der Waals surface area contributed by atoms with Crippen LogP contribution in [0.3, 0.4) is 0 Å². The maximum Gasteiger partial charge on any atom is 0.317 e. The summed E-state index contributed by atoms with van der Waals surface area (Å²) in [6.45, 7) is -2.25. The Morgan fingerprint density at radius 2 is 0.762 bits per heavy atom. The van der Waals surface area contributed by atoms with E-state index in [9.17, 15) is 19.2 Å². The highest BCUT2D eigenvalue weighted by atomic mass is 32.1. The van der Waals surface area contributed by atoms with E-state index < -0.39 is 50.1 Å². The van der Waals surface area contributed by atoms with E-state index in [0.717, 1.165) is 9.80 Å². The lowest BCUT2D eigenvalue weighted by Crippen LogP contribution is -2.43. The van der Waals surface area contributed by atoms with Gasteiger partial charge in [-0.2, -0.15) is 13.5 Å². The first-order valence-corrected chi connectivity index (χ1v) is 5.52. The summed E-state index contributed by atoms with van der Waals surface area (Å²) in [4.78, 5) is 44.4. The lowest BCUT2D eigenvalue weighted by molar-refractivity contribution is -0.145. The van der Waals surface area contributed by atoms with Crippen molar-refractivity contribution in [1.29, 1.82) is 0 Å². The number of hydrogen-bond donors (Lipinski definition) is 4. The van der Waals surface area contributed by atoms with Crippen molar-refractivity contribution >= 4 is 37.4 Å². The second kappa shape index (κ2) is 10.9. The molecule has 10 nitrogen and oxygen atoms in total. The molecule has 0 spiro atoms. The summed E-state index contributed by atoms with van der Waals surface area (Å²) < 4.78 is 0. The number of aliphatic carboxylic acids is 4. The summed E-state index contributed by atoms with van der Waals surface area (Å²) in [5.41, 5.74) is 0. The molecule has 122 valence electrons. The molecule has 0 aliphatic carbocycles. The van der Waals surface area contributed by atoms with E-state index in [2.05, 4.69) is 0 Å². The second-order valence-corrected chi connectivity index (χ2v) is 4.00. The Hall–Kier alpha value is -1.85. The van der Waals surface area contributed by atoms with Crippen molar-refractivity contribution in [1.82, 2.24) is 9.80 Å². The maximum atomic E-state index is 10.6. The lowest BCUT2D eigenvalue weighted by Gasteiger charge is -2.23. The monoisotopic (exact) mass is 326 g/mol. The maximum absolute atomic E-state index is 10.6. The van der Waals surface area contributed by atoms with E-state index >= 15 is 0 Å². The highest BCUT2D eigenvalue weighted by molar-refractivity contribution is 7.59. The van der Waals surface area contributed by atoms with Gasteiger partial charge in [-0.3, -0.25) is 29.0 Å². The van der Waals surface area contributed by atoms with Crippen LogP contribution in [-0.2, 0) is 19.2 Å². The summed E-state index contributed by atoms with van der Waals surface area (Å²) in [5, 5.41) is 34.5. The highest BCUT2D eigenvalue weighted by Crippen LogP contribution is 1.94. The molecule has 4 N–H and O–H groups in total. The van der Waals surface area contributed by atoms with Gasteiger partial charge in [0.15, 0.2) is 0 Å². The van der Waals surface area contributed by atoms with Crippen molar-refractivity contribution < 1.29 is 39.6 Å². The van der Waals surface area contributed by atoms with Crippen molar-refractivity contribution in [2.24, 2.45) is 0 Å². The topological polar surface area (TPSA) is 156 Å². The smallest absolute Gasteiger partial charge is 0.317 e. The fourth-order valence-corrected chi connectivity index (χ4v) is 1.48. The van der Waals surface area contributed by atoms with Crippen molar-refractivity contribution in [2.75, 3.05) is 39.3 Å². The Kier molecular flexibility index (Phi) is 11.1. The predicted octanol–water partition coefficient (Wildman–Crippen LogP) is -1.96. The van der Waals surface area contributed by atoms with Crippen LogP contribution in [0, 0.1) is 0 Å². The molecule has 0 heterocycles. The minimum absolute atomic E-state index is 0. The molecular weight excluding hydrogens is 308 g/mol. The summed E-state index contributed by atoms with van der Waals surface area (Å²) in [7, 11) is 0. The van der Waals surface area contributed by atoms with Crippen LogP contribution in [0.2, 0.25) is 0 Å². The van der Waals surface area contributed by atoms with Crippen molar-refractivity contribution in [3.05, 3.63) is 0 Å². The van der Waals surface area contributed by atoms with Gasteiger partial charge < -0.3 is 20.4 Å². The van der Waals surface area contributed by atoms with Gasteiger partial charge in [0.25, 0.3) is 0 Å². The Morgan fingerprint density at radius 1 is 0.571 bits per heavy atom. The van der Waals surface area contributed by atoms with Gasteiger partial charge in [-0.25, -0.2) is 0 Å². The van der Waals surface area contributed by atoms with E-state index in [1.54, 1.807) is 0 Å². The highest BCUT2D eigenvalue weighted by Gasteiger charge is 2.17. The number of carboxylic acid groups (broad SMARTS) is 4. The fourth-order valence-electron chi connectivity index (χ4n) is 1.48. The predicted molar refractivity (Wildman–Crippen MR) is 73.8 cm³/mol. The van der Waals surface area contributed by atoms with Gasteiger partial charge in [0.1, 0.15) is 0 Å². The first-order chi connectivity index (χ1) is 9.20.